The van der Waals surface area contributed by atoms with Gasteiger partial charge in [0.25, 0.3) is 0 Å². The molecule has 0 spiro atoms. The van der Waals surface area contributed by atoms with Crippen LogP contribution in [0, 0.1) is 0 Å². The Balaban J connectivity index is 1.13. The molecule has 1 aliphatic heterocycles. The van der Waals surface area contributed by atoms with Crippen molar-refractivity contribution in [3.05, 3.63) is 204 Å². The van der Waals surface area contributed by atoms with Crippen LogP contribution in [-0.2, 0) is 0 Å². The van der Waals surface area contributed by atoms with Gasteiger partial charge in [-0.2, -0.15) is 0 Å². The fourth-order valence-corrected chi connectivity index (χ4v) is 8.72. The van der Waals surface area contributed by atoms with E-state index in [9.17, 15) is 0 Å². The second-order valence-corrected chi connectivity index (χ2v) is 14.4. The van der Waals surface area contributed by atoms with E-state index in [0.29, 0.717) is 0 Å². The summed E-state index contributed by atoms with van der Waals surface area (Å²) in [7, 11) is 0. The molecule has 1 unspecified atom stereocenters. The van der Waals surface area contributed by atoms with E-state index >= 15 is 0 Å². The van der Waals surface area contributed by atoms with E-state index in [1.54, 1.807) is 0 Å². The molecule has 8 aromatic rings. The van der Waals surface area contributed by atoms with Gasteiger partial charge in [-0.1, -0.05) is 140 Å². The summed E-state index contributed by atoms with van der Waals surface area (Å²) in [6.45, 7) is 0. The number of allylic oxidation sites excluding steroid dienone is 8. The Bertz CT molecular complexity index is 2900. The summed E-state index contributed by atoms with van der Waals surface area (Å²) in [5.41, 5.74) is 16.0. The highest BCUT2D eigenvalue weighted by Gasteiger charge is 2.26. The second kappa shape index (κ2) is 12.4. The highest BCUT2D eigenvalue weighted by Crippen LogP contribution is 2.43. The molecule has 54 heavy (non-hydrogen) atoms. The average Bonchev–Trinajstić information content (AvgIpc) is 3.79. The summed E-state index contributed by atoms with van der Waals surface area (Å²) in [6, 6.07) is 48.2. The number of dihydropyridines is 1. The van der Waals surface area contributed by atoms with Gasteiger partial charge >= 0.3 is 0 Å². The normalized spacial score (nSPS) is 16.6. The lowest BCUT2D eigenvalue weighted by Crippen LogP contribution is -2.32. The number of aromatic nitrogens is 1. The molecule has 11 rings (SSSR count). The molecule has 3 heterocycles. The van der Waals surface area contributed by atoms with E-state index < -0.39 is 0 Å². The molecule has 0 bridgehead atoms. The third-order valence-electron chi connectivity index (χ3n) is 11.3. The topological polar surface area (TPSA) is 30.1 Å². The summed E-state index contributed by atoms with van der Waals surface area (Å²) in [6.07, 6.45) is 20.3. The average molecular weight is 693 g/mol. The first-order valence-electron chi connectivity index (χ1n) is 18.9. The third-order valence-corrected chi connectivity index (χ3v) is 11.3. The monoisotopic (exact) mass is 692 g/mol. The first kappa shape index (κ1) is 30.8. The predicted octanol–water partition coefficient (Wildman–Crippen LogP) is 13.0. The van der Waals surface area contributed by atoms with Gasteiger partial charge < -0.3 is 14.3 Å². The predicted molar refractivity (Wildman–Crippen MR) is 226 cm³/mol. The first-order chi connectivity index (χ1) is 26.8. The fourth-order valence-electron chi connectivity index (χ4n) is 8.72. The van der Waals surface area contributed by atoms with Gasteiger partial charge in [-0.05, 0) is 94.3 Å². The Kier molecular flexibility index (Phi) is 7.06. The zero-order valence-electron chi connectivity index (χ0n) is 29.7. The summed E-state index contributed by atoms with van der Waals surface area (Å²) in [5.74, 6) is 0. The molecule has 0 saturated carbocycles. The molecule has 2 aliphatic carbocycles. The van der Waals surface area contributed by atoms with Crippen molar-refractivity contribution in [2.24, 2.45) is 0 Å². The Morgan fingerprint density at radius 2 is 1.33 bits per heavy atom. The molecule has 0 fully saturated rings. The Hall–Kier alpha value is -6.84. The van der Waals surface area contributed by atoms with Crippen molar-refractivity contribution in [1.29, 1.82) is 0 Å². The number of rotatable bonds is 5. The van der Waals surface area contributed by atoms with Crippen molar-refractivity contribution in [1.82, 2.24) is 9.88 Å². The minimum Gasteiger partial charge on any atom is -0.454 e. The molecule has 2 aromatic heterocycles. The van der Waals surface area contributed by atoms with Crippen LogP contribution >= 0.6 is 0 Å². The van der Waals surface area contributed by atoms with Gasteiger partial charge in [0, 0.05) is 32.8 Å². The molecule has 3 heteroatoms. The maximum atomic E-state index is 6.94. The number of benzene rings is 6. The Labute approximate surface area is 313 Å². The molecule has 1 atom stereocenters. The maximum Gasteiger partial charge on any atom is 0.159 e. The largest absolute Gasteiger partial charge is 0.454 e. The van der Waals surface area contributed by atoms with E-state index in [4.69, 9.17) is 4.42 Å². The summed E-state index contributed by atoms with van der Waals surface area (Å²) in [5, 5.41) is 8.53. The number of hydrogen-bond acceptors (Lipinski definition) is 2. The minimum atomic E-state index is 0.101. The summed E-state index contributed by atoms with van der Waals surface area (Å²) >= 11 is 0. The van der Waals surface area contributed by atoms with Crippen molar-refractivity contribution in [2.75, 3.05) is 0 Å². The van der Waals surface area contributed by atoms with Crippen molar-refractivity contribution in [2.45, 2.75) is 18.9 Å². The molecule has 0 saturated heterocycles. The zero-order valence-corrected chi connectivity index (χ0v) is 29.7. The second-order valence-electron chi connectivity index (χ2n) is 14.4. The van der Waals surface area contributed by atoms with Crippen LogP contribution in [0.5, 0.6) is 0 Å². The molecule has 3 nitrogen and oxygen atoms in total. The van der Waals surface area contributed by atoms with Gasteiger partial charge in [-0.25, -0.2) is 0 Å². The van der Waals surface area contributed by atoms with Crippen LogP contribution in [0.4, 0.5) is 0 Å². The van der Waals surface area contributed by atoms with Gasteiger partial charge in [0.2, 0.25) is 0 Å². The van der Waals surface area contributed by atoms with Gasteiger partial charge in [0.1, 0.15) is 5.58 Å². The number of nitrogens with one attached hydrogen (secondary N) is 1. The van der Waals surface area contributed by atoms with Crippen molar-refractivity contribution in [3.8, 4) is 27.9 Å². The van der Waals surface area contributed by atoms with E-state index in [2.05, 4.69) is 192 Å². The maximum absolute atomic E-state index is 6.94. The van der Waals surface area contributed by atoms with Crippen LogP contribution in [0.2, 0.25) is 0 Å². The van der Waals surface area contributed by atoms with Crippen LogP contribution in [0.3, 0.4) is 0 Å². The lowest BCUT2D eigenvalue weighted by atomic mass is 9.85. The molecule has 1 N–H and O–H groups in total. The van der Waals surface area contributed by atoms with E-state index in [1.165, 1.54) is 49.7 Å². The third kappa shape index (κ3) is 4.89. The standard InChI is InChI=1S/C51H36N2O/c1-4-14-33(15-5-1)36-26-28-46-42(30-36)43-31-37(34-16-6-2-7-17-34)27-29-47(43)53(46)48-24-12-22-40-50-39(21-13-25-49(50)54-51(40)48)45-32-41(35-18-8-3-9-19-35)38-20-10-11-23-44(38)52-45/h1-2,4-8,10-32,44,52H,3,9H2. The highest BCUT2D eigenvalue weighted by atomic mass is 16.3. The Morgan fingerprint density at radius 1 is 0.611 bits per heavy atom. The van der Waals surface area contributed by atoms with Gasteiger partial charge in [-0.3, -0.25) is 0 Å². The van der Waals surface area contributed by atoms with E-state index in [-0.39, 0.29) is 6.04 Å². The fraction of sp³-hybridized carbons (Fsp3) is 0.0588. The molecular formula is C51H36N2O. The lowest BCUT2D eigenvalue weighted by molar-refractivity contribution is 0.666. The number of fused-ring (bicyclic) bond motifs is 7. The van der Waals surface area contributed by atoms with Gasteiger partial charge in [0.05, 0.1) is 22.8 Å². The first-order valence-corrected chi connectivity index (χ1v) is 18.9. The highest BCUT2D eigenvalue weighted by molar-refractivity contribution is 6.16. The molecule has 256 valence electrons. The number of hydrogen-bond donors (Lipinski definition) is 1. The van der Waals surface area contributed by atoms with Crippen LogP contribution < -0.4 is 5.32 Å². The van der Waals surface area contributed by atoms with E-state index in [1.807, 2.05) is 0 Å². The minimum absolute atomic E-state index is 0.101. The van der Waals surface area contributed by atoms with Crippen molar-refractivity contribution >= 4 is 49.4 Å². The van der Waals surface area contributed by atoms with E-state index in [0.717, 1.165) is 62.8 Å². The summed E-state index contributed by atoms with van der Waals surface area (Å²) < 4.78 is 9.33. The van der Waals surface area contributed by atoms with Crippen molar-refractivity contribution in [3.63, 3.8) is 0 Å². The lowest BCUT2D eigenvalue weighted by Gasteiger charge is -2.30. The number of furan rings is 1. The quantitative estimate of drug-likeness (QED) is 0.195. The zero-order chi connectivity index (χ0) is 35.6. The number of nitrogens with zero attached hydrogens (tertiary/aromatic N) is 1. The molecular weight excluding hydrogens is 657 g/mol. The Morgan fingerprint density at radius 3 is 2.04 bits per heavy atom. The van der Waals surface area contributed by atoms with Crippen LogP contribution in [0.1, 0.15) is 18.4 Å². The van der Waals surface area contributed by atoms with Gasteiger partial charge in [0.15, 0.2) is 5.58 Å². The van der Waals surface area contributed by atoms with Gasteiger partial charge in [-0.15, -0.1) is 0 Å². The number of para-hydroxylation sites is 1. The van der Waals surface area contributed by atoms with Crippen LogP contribution in [0.15, 0.2) is 203 Å². The molecule has 3 aliphatic rings. The molecule has 0 amide bonds. The smallest absolute Gasteiger partial charge is 0.159 e. The van der Waals surface area contributed by atoms with Crippen LogP contribution in [-0.4, -0.2) is 10.6 Å². The summed E-state index contributed by atoms with van der Waals surface area (Å²) in [4.78, 5) is 0. The SMILES string of the molecule is C1=CC2=C(C3=CCCC=C3)C=C(c3cccc4oc5c(-n6c7ccc(-c8ccccc8)cc7c7cc(-c8ccccc8)ccc76)cccc5c34)NC2C=C1. The van der Waals surface area contributed by atoms with Crippen molar-refractivity contribution < 1.29 is 4.42 Å². The van der Waals surface area contributed by atoms with Crippen LogP contribution in [0.25, 0.3) is 77.4 Å². The molecule has 6 aromatic carbocycles. The molecule has 0 radical (unpaired) electrons.